The summed E-state index contributed by atoms with van der Waals surface area (Å²) in [6.07, 6.45) is 3.08. The Kier molecular flexibility index (Phi) is 7.98. The van der Waals surface area contributed by atoms with E-state index in [1.54, 1.807) is 50.6 Å². The van der Waals surface area contributed by atoms with Crippen LogP contribution in [-0.4, -0.2) is 40.6 Å². The maximum absolute atomic E-state index is 13.4. The Bertz CT molecular complexity index is 1360. The van der Waals surface area contributed by atoms with Crippen molar-refractivity contribution in [1.82, 2.24) is 10.0 Å². The lowest BCUT2D eigenvalue weighted by Crippen LogP contribution is -2.53. The normalized spacial score (nSPS) is 13.2. The first kappa shape index (κ1) is 26.0. The molecule has 0 spiro atoms. The minimum atomic E-state index is -4.23. The highest BCUT2D eigenvalue weighted by Gasteiger charge is 2.27. The Morgan fingerprint density at radius 2 is 1.68 bits per heavy atom. The Labute approximate surface area is 217 Å². The van der Waals surface area contributed by atoms with Crippen LogP contribution in [0, 0.1) is 0 Å². The van der Waals surface area contributed by atoms with Gasteiger partial charge in [-0.15, -0.1) is 0 Å². The van der Waals surface area contributed by atoms with Gasteiger partial charge in [0.2, 0.25) is 5.91 Å². The van der Waals surface area contributed by atoms with Gasteiger partial charge in [0, 0.05) is 19.2 Å². The zero-order valence-corrected chi connectivity index (χ0v) is 21.5. The lowest BCUT2D eigenvalue weighted by molar-refractivity contribution is -0.120. The summed E-state index contributed by atoms with van der Waals surface area (Å²) in [7, 11) is -1.08. The van der Waals surface area contributed by atoms with Crippen molar-refractivity contribution in [3.8, 4) is 5.75 Å². The number of anilines is 2. The first-order chi connectivity index (χ1) is 17.7. The van der Waals surface area contributed by atoms with Gasteiger partial charge in [-0.25, -0.2) is 9.52 Å². The molecule has 3 N–H and O–H groups in total. The van der Waals surface area contributed by atoms with Crippen molar-refractivity contribution >= 4 is 33.5 Å². The molecule has 0 bridgehead atoms. The Hall–Kier alpha value is -4.05. The summed E-state index contributed by atoms with van der Waals surface area (Å²) in [6, 6.07) is 19.4. The molecule has 1 aliphatic rings. The molecule has 0 aromatic heterocycles. The Morgan fingerprint density at radius 1 is 0.973 bits per heavy atom. The maximum atomic E-state index is 13.4. The van der Waals surface area contributed by atoms with Crippen molar-refractivity contribution in [3.05, 3.63) is 89.5 Å². The third-order valence-corrected chi connectivity index (χ3v) is 7.21. The molecule has 0 saturated heterocycles. The summed E-state index contributed by atoms with van der Waals surface area (Å²) in [6.45, 7) is 0. The third-order valence-electron chi connectivity index (χ3n) is 6.25. The van der Waals surface area contributed by atoms with E-state index < -0.39 is 28.2 Å². The molecule has 1 unspecified atom stereocenters. The van der Waals surface area contributed by atoms with Crippen LogP contribution in [0.3, 0.4) is 0 Å². The van der Waals surface area contributed by atoms with Gasteiger partial charge in [0.15, 0.2) is 0 Å². The molecule has 1 atom stereocenters. The number of urea groups is 1. The molecule has 1 aliphatic carbocycles. The number of methoxy groups -OCH3 is 1. The van der Waals surface area contributed by atoms with Crippen molar-refractivity contribution in [2.75, 3.05) is 23.8 Å². The topological polar surface area (TPSA) is 117 Å². The van der Waals surface area contributed by atoms with Gasteiger partial charge in [0.05, 0.1) is 12.8 Å². The highest BCUT2D eigenvalue weighted by atomic mass is 32.2. The quantitative estimate of drug-likeness (QED) is 0.398. The van der Waals surface area contributed by atoms with Crippen LogP contribution in [0.5, 0.6) is 5.75 Å². The lowest BCUT2D eigenvalue weighted by atomic mass is 10.0. The summed E-state index contributed by atoms with van der Waals surface area (Å²) in [5.41, 5.74) is 4.08. The van der Waals surface area contributed by atoms with Gasteiger partial charge in [0.25, 0.3) is 0 Å². The summed E-state index contributed by atoms with van der Waals surface area (Å²) in [4.78, 5) is 27.6. The number of likely N-dealkylation sites (N-methyl/N-ethyl adjacent to an activating group) is 1. The minimum absolute atomic E-state index is 0.173. The van der Waals surface area contributed by atoms with Crippen LogP contribution < -0.4 is 24.4 Å². The second-order valence-corrected chi connectivity index (χ2v) is 10.3. The summed E-state index contributed by atoms with van der Waals surface area (Å²) in [5.74, 6) is 0.233. The molecule has 0 fully saturated rings. The van der Waals surface area contributed by atoms with E-state index in [9.17, 15) is 18.0 Å². The number of rotatable bonds is 9. The number of nitrogens with one attached hydrogen (secondary N) is 3. The fourth-order valence-electron chi connectivity index (χ4n) is 4.34. The van der Waals surface area contributed by atoms with E-state index in [0.717, 1.165) is 30.4 Å². The van der Waals surface area contributed by atoms with E-state index in [0.29, 0.717) is 17.1 Å². The van der Waals surface area contributed by atoms with Crippen molar-refractivity contribution in [2.24, 2.45) is 0 Å². The molecule has 3 aromatic carbocycles. The van der Waals surface area contributed by atoms with Gasteiger partial charge < -0.3 is 15.0 Å². The first-order valence-corrected chi connectivity index (χ1v) is 13.4. The molecule has 0 saturated carbocycles. The van der Waals surface area contributed by atoms with Gasteiger partial charge >= 0.3 is 16.2 Å². The van der Waals surface area contributed by atoms with Gasteiger partial charge in [0.1, 0.15) is 11.8 Å². The van der Waals surface area contributed by atoms with E-state index in [1.807, 2.05) is 41.1 Å². The number of nitrogens with zero attached hydrogens (tertiary/aromatic N) is 1. The number of fused-ring (bicyclic) bond motifs is 1. The van der Waals surface area contributed by atoms with Gasteiger partial charge in [-0.2, -0.15) is 8.42 Å². The number of hydrogen-bond donors (Lipinski definition) is 3. The fourth-order valence-corrected chi connectivity index (χ4v) is 5.13. The van der Waals surface area contributed by atoms with E-state index in [1.165, 1.54) is 10.5 Å². The average molecular weight is 523 g/mol. The van der Waals surface area contributed by atoms with Gasteiger partial charge in [-0.3, -0.25) is 9.52 Å². The highest BCUT2D eigenvalue weighted by molar-refractivity contribution is 7.91. The van der Waals surface area contributed by atoms with Crippen LogP contribution >= 0.6 is 0 Å². The maximum Gasteiger partial charge on any atom is 0.330 e. The number of benzene rings is 3. The molecular formula is C27H30N4O5S. The summed E-state index contributed by atoms with van der Waals surface area (Å²) >= 11 is 0. The van der Waals surface area contributed by atoms with Crippen molar-refractivity contribution in [1.29, 1.82) is 0 Å². The van der Waals surface area contributed by atoms with Crippen molar-refractivity contribution in [2.45, 2.75) is 31.7 Å². The van der Waals surface area contributed by atoms with Crippen LogP contribution in [0.1, 0.15) is 23.1 Å². The Balaban J connectivity index is 1.46. The number of carbonyl (C=O) groups is 2. The molecular weight excluding hydrogens is 492 g/mol. The van der Waals surface area contributed by atoms with Crippen LogP contribution in [0.4, 0.5) is 16.2 Å². The Morgan fingerprint density at radius 3 is 2.38 bits per heavy atom. The second-order valence-electron chi connectivity index (χ2n) is 8.86. The smallest absolute Gasteiger partial charge is 0.330 e. The predicted octanol–water partition coefficient (Wildman–Crippen LogP) is 3.41. The molecule has 3 aromatic rings. The van der Waals surface area contributed by atoms with Crippen molar-refractivity contribution in [3.63, 3.8) is 0 Å². The van der Waals surface area contributed by atoms with Crippen LogP contribution in [0.2, 0.25) is 0 Å². The van der Waals surface area contributed by atoms with Crippen LogP contribution in [-0.2, 0) is 34.3 Å². The summed E-state index contributed by atoms with van der Waals surface area (Å²) < 4.78 is 34.8. The van der Waals surface area contributed by atoms with E-state index in [-0.39, 0.29) is 6.42 Å². The molecule has 37 heavy (non-hydrogen) atoms. The third kappa shape index (κ3) is 6.79. The van der Waals surface area contributed by atoms with Crippen molar-refractivity contribution < 1.29 is 22.7 Å². The number of hydrogen-bond acceptors (Lipinski definition) is 5. The zero-order chi connectivity index (χ0) is 26.4. The first-order valence-electron chi connectivity index (χ1n) is 11.9. The van der Waals surface area contributed by atoms with E-state index in [2.05, 4.69) is 10.0 Å². The second kappa shape index (κ2) is 11.3. The predicted molar refractivity (Wildman–Crippen MR) is 143 cm³/mol. The average Bonchev–Trinajstić information content (AvgIpc) is 3.35. The summed E-state index contributed by atoms with van der Waals surface area (Å²) in [5, 5.41) is 2.54. The molecule has 4 rings (SSSR count). The fraction of sp³-hybridized carbons (Fsp3) is 0.259. The number of aryl methyl sites for hydroxylation is 2. The number of amides is 3. The standard InChI is InChI=1S/C27H30N4O5S/c1-31(23-13-15-24(36-2)16-14-23)26(32)25(17-19-7-4-3-5-8-19)28-27(33)30-37(34,35)29-22-12-11-20-9-6-10-21(20)18-22/h3-5,7-8,11-16,18,25,29H,6,9-10,17H2,1-2H3,(H2,28,30,33). The zero-order valence-electron chi connectivity index (χ0n) is 20.7. The van der Waals surface area contributed by atoms with E-state index in [4.69, 9.17) is 4.74 Å². The largest absolute Gasteiger partial charge is 0.497 e. The molecule has 0 radical (unpaired) electrons. The lowest BCUT2D eigenvalue weighted by Gasteiger charge is -2.25. The highest BCUT2D eigenvalue weighted by Crippen LogP contribution is 2.25. The van der Waals surface area contributed by atoms with Crippen LogP contribution in [0.15, 0.2) is 72.8 Å². The number of carbonyl (C=O) groups excluding carboxylic acids is 2. The monoisotopic (exact) mass is 522 g/mol. The molecule has 3 amide bonds. The molecule has 0 aliphatic heterocycles. The van der Waals surface area contributed by atoms with E-state index >= 15 is 0 Å². The SMILES string of the molecule is COc1ccc(N(C)C(=O)C(Cc2ccccc2)NC(=O)NS(=O)(=O)Nc2ccc3c(c2)CCC3)cc1. The molecule has 194 valence electrons. The molecule has 0 heterocycles. The minimum Gasteiger partial charge on any atom is -0.497 e. The number of ether oxygens (including phenoxy) is 1. The van der Waals surface area contributed by atoms with Crippen LogP contribution in [0.25, 0.3) is 0 Å². The molecule has 10 heteroatoms. The van der Waals surface area contributed by atoms with Gasteiger partial charge in [-0.1, -0.05) is 36.4 Å². The van der Waals surface area contributed by atoms with Gasteiger partial charge in [-0.05, 0) is 72.4 Å². The molecule has 9 nitrogen and oxygen atoms in total.